The first-order chi connectivity index (χ1) is 14.3. The summed E-state index contributed by atoms with van der Waals surface area (Å²) in [4.78, 5) is 16.8. The Morgan fingerprint density at radius 1 is 1.13 bits per heavy atom. The fourth-order valence-corrected chi connectivity index (χ4v) is 4.73. The summed E-state index contributed by atoms with van der Waals surface area (Å²) in [6.07, 6.45) is -0.189. The molecular formula is C20H19ClN2O5S2. The smallest absolute Gasteiger partial charge is 0.227 e. The number of hydrogen-bond acceptors (Lipinski definition) is 7. The molecule has 158 valence electrons. The molecule has 3 rings (SSSR count). The lowest BCUT2D eigenvalue weighted by Gasteiger charge is -2.08. The number of hydrogen-bond donors (Lipinski definition) is 1. The standard InChI is InChI=1S/C20H19ClN2O5S2/c1-27-14-5-8-16(18(11-14)28-2)17-12-29-20(22-17)23-19(24)9-10-30(25,26)15-6-3-13(21)4-7-15/h3-8,11-12H,9-10H2,1-2H3,(H,22,23,24). The number of halogens is 1. The van der Waals surface area contributed by atoms with Crippen LogP contribution < -0.4 is 14.8 Å². The number of aromatic nitrogens is 1. The van der Waals surface area contributed by atoms with Gasteiger partial charge in [-0.2, -0.15) is 0 Å². The Morgan fingerprint density at radius 2 is 1.87 bits per heavy atom. The van der Waals surface area contributed by atoms with Crippen LogP contribution in [0.15, 0.2) is 52.7 Å². The molecule has 7 nitrogen and oxygen atoms in total. The predicted octanol–water partition coefficient (Wildman–Crippen LogP) is 4.28. The third-order valence-corrected chi connectivity index (χ3v) is 6.95. The van der Waals surface area contributed by atoms with Gasteiger partial charge in [0.05, 0.1) is 30.6 Å². The van der Waals surface area contributed by atoms with E-state index in [4.69, 9.17) is 21.1 Å². The van der Waals surface area contributed by atoms with Crippen LogP contribution >= 0.6 is 22.9 Å². The van der Waals surface area contributed by atoms with Crippen LogP contribution in [0.25, 0.3) is 11.3 Å². The maximum absolute atomic E-state index is 12.4. The Hall–Kier alpha value is -2.62. The molecule has 0 aliphatic carbocycles. The number of rotatable bonds is 8. The molecule has 0 atom stereocenters. The van der Waals surface area contributed by atoms with Crippen molar-refractivity contribution in [2.45, 2.75) is 11.3 Å². The Bertz CT molecular complexity index is 1140. The fourth-order valence-electron chi connectivity index (χ4n) is 2.63. The summed E-state index contributed by atoms with van der Waals surface area (Å²) in [6, 6.07) is 11.2. The average Bonchev–Trinajstić information content (AvgIpc) is 3.20. The van der Waals surface area contributed by atoms with E-state index in [-0.39, 0.29) is 17.1 Å². The van der Waals surface area contributed by atoms with Gasteiger partial charge in [-0.1, -0.05) is 11.6 Å². The Morgan fingerprint density at radius 3 is 2.53 bits per heavy atom. The number of benzene rings is 2. The number of methoxy groups -OCH3 is 2. The molecule has 0 fully saturated rings. The molecule has 1 N–H and O–H groups in total. The lowest BCUT2D eigenvalue weighted by Crippen LogP contribution is -2.17. The number of sulfone groups is 1. The van der Waals surface area contributed by atoms with E-state index in [1.807, 2.05) is 6.07 Å². The molecule has 1 amide bonds. The van der Waals surface area contributed by atoms with Gasteiger partial charge in [-0.3, -0.25) is 4.79 Å². The van der Waals surface area contributed by atoms with Gasteiger partial charge in [0.1, 0.15) is 11.5 Å². The molecule has 1 aromatic heterocycles. The normalized spacial score (nSPS) is 11.2. The first-order valence-corrected chi connectivity index (χ1v) is 11.7. The summed E-state index contributed by atoms with van der Waals surface area (Å²) in [5, 5.41) is 5.24. The topological polar surface area (TPSA) is 94.6 Å². The van der Waals surface area contributed by atoms with Crippen molar-refractivity contribution < 1.29 is 22.7 Å². The molecule has 0 aliphatic heterocycles. The van der Waals surface area contributed by atoms with Crippen molar-refractivity contribution in [3.8, 4) is 22.8 Å². The van der Waals surface area contributed by atoms with Crippen LogP contribution in [0.1, 0.15) is 6.42 Å². The van der Waals surface area contributed by atoms with E-state index in [1.54, 1.807) is 31.7 Å². The van der Waals surface area contributed by atoms with Crippen LogP contribution in [-0.2, 0) is 14.6 Å². The van der Waals surface area contributed by atoms with Crippen molar-refractivity contribution >= 4 is 43.8 Å². The summed E-state index contributed by atoms with van der Waals surface area (Å²) in [6.45, 7) is 0. The van der Waals surface area contributed by atoms with Crippen LogP contribution in [-0.4, -0.2) is 39.3 Å². The van der Waals surface area contributed by atoms with E-state index in [2.05, 4.69) is 10.3 Å². The Balaban J connectivity index is 1.65. The second-order valence-electron chi connectivity index (χ2n) is 6.18. The zero-order valence-corrected chi connectivity index (χ0v) is 18.6. The molecule has 0 bridgehead atoms. The number of thiazole rings is 1. The van der Waals surface area contributed by atoms with Gasteiger partial charge in [0.15, 0.2) is 15.0 Å². The number of carbonyl (C=O) groups is 1. The van der Waals surface area contributed by atoms with Gasteiger partial charge >= 0.3 is 0 Å². The van der Waals surface area contributed by atoms with Gasteiger partial charge in [-0.05, 0) is 36.4 Å². The molecule has 0 radical (unpaired) electrons. The number of carbonyl (C=O) groups excluding carboxylic acids is 1. The largest absolute Gasteiger partial charge is 0.497 e. The van der Waals surface area contributed by atoms with Crippen LogP contribution in [0.3, 0.4) is 0 Å². The summed E-state index contributed by atoms with van der Waals surface area (Å²) in [5.41, 5.74) is 1.38. The van der Waals surface area contributed by atoms with Crippen LogP contribution in [0.2, 0.25) is 5.02 Å². The van der Waals surface area contributed by atoms with E-state index in [1.165, 1.54) is 35.6 Å². The number of ether oxygens (including phenoxy) is 2. The zero-order chi connectivity index (χ0) is 21.7. The van der Waals surface area contributed by atoms with Gasteiger partial charge in [-0.25, -0.2) is 13.4 Å². The molecule has 0 saturated heterocycles. The van der Waals surface area contributed by atoms with Gasteiger partial charge < -0.3 is 14.8 Å². The summed E-state index contributed by atoms with van der Waals surface area (Å²) >= 11 is 7.02. The molecule has 3 aromatic rings. The molecule has 0 saturated carbocycles. The maximum Gasteiger partial charge on any atom is 0.227 e. The zero-order valence-electron chi connectivity index (χ0n) is 16.2. The highest BCUT2D eigenvalue weighted by Crippen LogP contribution is 2.34. The van der Waals surface area contributed by atoms with Crippen LogP contribution in [0.5, 0.6) is 11.5 Å². The molecule has 30 heavy (non-hydrogen) atoms. The lowest BCUT2D eigenvalue weighted by atomic mass is 10.1. The average molecular weight is 467 g/mol. The van der Waals surface area contributed by atoms with Gasteiger partial charge in [0, 0.05) is 28.5 Å². The molecule has 0 unspecified atom stereocenters. The lowest BCUT2D eigenvalue weighted by molar-refractivity contribution is -0.115. The van der Waals surface area contributed by atoms with Crippen molar-refractivity contribution in [1.82, 2.24) is 4.98 Å². The first kappa shape index (κ1) is 22.1. The van der Waals surface area contributed by atoms with Crippen molar-refractivity contribution in [3.05, 3.63) is 52.9 Å². The molecule has 2 aromatic carbocycles. The Labute approximate surface area is 183 Å². The van der Waals surface area contributed by atoms with Gasteiger partial charge in [-0.15, -0.1) is 11.3 Å². The molecule has 10 heteroatoms. The molecule has 1 heterocycles. The second kappa shape index (κ2) is 9.46. The maximum atomic E-state index is 12.4. The van der Waals surface area contributed by atoms with Gasteiger partial charge in [0.2, 0.25) is 5.91 Å². The highest BCUT2D eigenvalue weighted by Gasteiger charge is 2.18. The fraction of sp³-hybridized carbons (Fsp3) is 0.200. The summed E-state index contributed by atoms with van der Waals surface area (Å²) in [5.74, 6) is 0.494. The Kier molecular flexibility index (Phi) is 6.96. The first-order valence-electron chi connectivity index (χ1n) is 8.78. The molecular weight excluding hydrogens is 448 g/mol. The van der Waals surface area contributed by atoms with E-state index in [0.717, 1.165) is 5.56 Å². The number of amides is 1. The minimum atomic E-state index is -3.58. The summed E-state index contributed by atoms with van der Waals surface area (Å²) < 4.78 is 35.3. The monoisotopic (exact) mass is 466 g/mol. The van der Waals surface area contributed by atoms with Crippen LogP contribution in [0, 0.1) is 0 Å². The molecule has 0 spiro atoms. The van der Waals surface area contributed by atoms with E-state index < -0.39 is 15.7 Å². The highest BCUT2D eigenvalue weighted by atomic mass is 35.5. The number of anilines is 1. The van der Waals surface area contributed by atoms with E-state index in [9.17, 15) is 13.2 Å². The minimum Gasteiger partial charge on any atom is -0.497 e. The third-order valence-electron chi connectivity index (χ3n) is 4.21. The van der Waals surface area contributed by atoms with Crippen molar-refractivity contribution in [1.29, 1.82) is 0 Å². The predicted molar refractivity (Wildman–Crippen MR) is 117 cm³/mol. The number of nitrogens with zero attached hydrogens (tertiary/aromatic N) is 1. The molecule has 0 aliphatic rings. The summed E-state index contributed by atoms with van der Waals surface area (Å²) in [7, 11) is -0.465. The second-order valence-corrected chi connectivity index (χ2v) is 9.58. The third kappa shape index (κ3) is 5.29. The quantitative estimate of drug-likeness (QED) is 0.532. The van der Waals surface area contributed by atoms with Gasteiger partial charge in [0.25, 0.3) is 0 Å². The van der Waals surface area contributed by atoms with Crippen molar-refractivity contribution in [2.24, 2.45) is 0 Å². The van der Waals surface area contributed by atoms with Crippen molar-refractivity contribution in [2.75, 3.05) is 25.3 Å². The minimum absolute atomic E-state index is 0.128. The van der Waals surface area contributed by atoms with E-state index in [0.29, 0.717) is 27.3 Å². The van der Waals surface area contributed by atoms with E-state index >= 15 is 0 Å². The highest BCUT2D eigenvalue weighted by molar-refractivity contribution is 7.91. The van der Waals surface area contributed by atoms with Crippen LogP contribution in [0.4, 0.5) is 5.13 Å². The van der Waals surface area contributed by atoms with Crippen molar-refractivity contribution in [3.63, 3.8) is 0 Å². The SMILES string of the molecule is COc1ccc(-c2csc(NC(=O)CCS(=O)(=O)c3ccc(Cl)cc3)n2)c(OC)c1. The number of nitrogens with one attached hydrogen (secondary N) is 1.